The Morgan fingerprint density at radius 3 is 2.27 bits per heavy atom. The number of para-hydroxylation sites is 1. The molecule has 0 atom stereocenters. The monoisotopic (exact) mass is 417 g/mol. The number of hydrogen-bond acceptors (Lipinski definition) is 5. The van der Waals surface area contributed by atoms with Crippen LogP contribution >= 0.6 is 0 Å². The summed E-state index contributed by atoms with van der Waals surface area (Å²) in [4.78, 5) is 39.6. The highest BCUT2D eigenvalue weighted by molar-refractivity contribution is 6.45. The van der Waals surface area contributed by atoms with Gasteiger partial charge in [0.25, 0.3) is 11.7 Å². The van der Waals surface area contributed by atoms with E-state index in [1.54, 1.807) is 27.8 Å². The lowest BCUT2D eigenvalue weighted by Crippen LogP contribution is -2.39. The molecule has 8 nitrogen and oxygen atoms in total. The predicted molar refractivity (Wildman–Crippen MR) is 114 cm³/mol. The molecule has 0 spiro atoms. The second kappa shape index (κ2) is 11.5. The molecular formula is C22H31N3O5. The molecule has 1 N–H and O–H groups in total. The number of rotatable bonds is 12. The molecule has 30 heavy (non-hydrogen) atoms. The van der Waals surface area contributed by atoms with Gasteiger partial charge in [-0.05, 0) is 33.8 Å². The lowest BCUT2D eigenvalue weighted by molar-refractivity contribution is -0.138. The van der Waals surface area contributed by atoms with Crippen LogP contribution in [0.4, 0.5) is 0 Å². The minimum atomic E-state index is -0.739. The first-order valence-electron chi connectivity index (χ1n) is 10.4. The first-order valence-corrected chi connectivity index (χ1v) is 10.4. The maximum Gasteiger partial charge on any atom is 0.292 e. The van der Waals surface area contributed by atoms with Gasteiger partial charge in [0.05, 0.1) is 12.1 Å². The van der Waals surface area contributed by atoms with Crippen molar-refractivity contribution in [3.63, 3.8) is 0 Å². The fourth-order valence-corrected chi connectivity index (χ4v) is 3.30. The van der Waals surface area contributed by atoms with Crippen LogP contribution in [-0.4, -0.2) is 66.2 Å². The molecule has 164 valence electrons. The summed E-state index contributed by atoms with van der Waals surface area (Å²) in [5, 5.41) is 3.21. The van der Waals surface area contributed by atoms with Crippen molar-refractivity contribution >= 4 is 28.5 Å². The molecule has 2 aromatic rings. The van der Waals surface area contributed by atoms with Crippen molar-refractivity contribution in [3.8, 4) is 0 Å². The normalized spacial score (nSPS) is 11.1. The quantitative estimate of drug-likeness (QED) is 0.325. The van der Waals surface area contributed by atoms with E-state index in [0.29, 0.717) is 31.7 Å². The highest BCUT2D eigenvalue weighted by atomic mass is 16.7. The lowest BCUT2D eigenvalue weighted by Gasteiger charge is -2.19. The van der Waals surface area contributed by atoms with Gasteiger partial charge in [0.2, 0.25) is 5.91 Å². The number of aromatic nitrogens is 1. The maximum atomic E-state index is 12.8. The first-order chi connectivity index (χ1) is 14.5. The largest absolute Gasteiger partial charge is 0.351 e. The zero-order valence-electron chi connectivity index (χ0n) is 18.1. The maximum absolute atomic E-state index is 12.8. The summed E-state index contributed by atoms with van der Waals surface area (Å²) < 4.78 is 12.5. The molecule has 0 saturated carbocycles. The van der Waals surface area contributed by atoms with E-state index in [1.165, 1.54) is 0 Å². The van der Waals surface area contributed by atoms with Gasteiger partial charge in [-0.25, -0.2) is 0 Å². The summed E-state index contributed by atoms with van der Waals surface area (Å²) in [7, 11) is 0. The number of Topliss-reactive ketones (excluding diaryl/α,β-unsaturated/α-hetero) is 1. The highest BCUT2D eigenvalue weighted by Gasteiger charge is 2.23. The third kappa shape index (κ3) is 5.67. The van der Waals surface area contributed by atoms with Crippen molar-refractivity contribution in [1.82, 2.24) is 14.8 Å². The Morgan fingerprint density at radius 2 is 1.67 bits per heavy atom. The Labute approximate surface area is 177 Å². The van der Waals surface area contributed by atoms with E-state index in [0.717, 1.165) is 5.52 Å². The first kappa shape index (κ1) is 23.6. The number of benzene rings is 1. The molecule has 2 amide bonds. The van der Waals surface area contributed by atoms with E-state index < -0.39 is 18.0 Å². The molecule has 8 heteroatoms. The number of ketones is 1. The number of ether oxygens (including phenoxy) is 2. The third-order valence-electron chi connectivity index (χ3n) is 4.80. The summed E-state index contributed by atoms with van der Waals surface area (Å²) in [6.45, 7) is 9.77. The van der Waals surface area contributed by atoms with Crippen LogP contribution in [0.2, 0.25) is 0 Å². The van der Waals surface area contributed by atoms with Gasteiger partial charge in [0.1, 0.15) is 6.54 Å². The molecule has 1 heterocycles. The van der Waals surface area contributed by atoms with Crippen LogP contribution in [0.15, 0.2) is 30.5 Å². The number of hydrogen-bond donors (Lipinski definition) is 1. The number of nitrogens with zero attached hydrogens (tertiary/aromatic N) is 2. The number of nitrogens with one attached hydrogen (secondary N) is 1. The molecule has 0 saturated heterocycles. The number of carbonyl (C=O) groups is 3. The van der Waals surface area contributed by atoms with Crippen LogP contribution in [0.25, 0.3) is 10.9 Å². The zero-order chi connectivity index (χ0) is 22.1. The van der Waals surface area contributed by atoms with E-state index in [9.17, 15) is 14.4 Å². The van der Waals surface area contributed by atoms with Crippen molar-refractivity contribution < 1.29 is 23.9 Å². The fourth-order valence-electron chi connectivity index (χ4n) is 3.30. The zero-order valence-corrected chi connectivity index (χ0v) is 18.1. The van der Waals surface area contributed by atoms with Gasteiger partial charge in [-0.1, -0.05) is 18.2 Å². The van der Waals surface area contributed by atoms with Crippen molar-refractivity contribution in [3.05, 3.63) is 36.0 Å². The van der Waals surface area contributed by atoms with E-state index in [-0.39, 0.29) is 24.6 Å². The predicted octanol–water partition coefficient (Wildman–Crippen LogP) is 2.21. The number of carbonyl (C=O) groups excluding carboxylic acids is 3. The Hall–Kier alpha value is -2.71. The second-order valence-corrected chi connectivity index (χ2v) is 6.63. The van der Waals surface area contributed by atoms with Crippen LogP contribution in [-0.2, 0) is 25.6 Å². The third-order valence-corrected chi connectivity index (χ3v) is 4.80. The average Bonchev–Trinajstić information content (AvgIpc) is 3.11. The van der Waals surface area contributed by atoms with Crippen molar-refractivity contribution in [2.24, 2.45) is 0 Å². The van der Waals surface area contributed by atoms with Gasteiger partial charge < -0.3 is 24.3 Å². The lowest BCUT2D eigenvalue weighted by atomic mass is 10.1. The highest BCUT2D eigenvalue weighted by Crippen LogP contribution is 2.22. The van der Waals surface area contributed by atoms with E-state index in [2.05, 4.69) is 5.32 Å². The summed E-state index contributed by atoms with van der Waals surface area (Å²) in [5.41, 5.74) is 0.996. The van der Waals surface area contributed by atoms with Crippen LogP contribution in [0.1, 0.15) is 38.1 Å². The van der Waals surface area contributed by atoms with Gasteiger partial charge in [-0.3, -0.25) is 14.4 Å². The number of fused-ring (bicyclic) bond motifs is 1. The molecule has 0 aliphatic heterocycles. The van der Waals surface area contributed by atoms with Crippen LogP contribution in [0, 0.1) is 0 Å². The Balaban J connectivity index is 2.21. The molecule has 0 bridgehead atoms. The average molecular weight is 418 g/mol. The van der Waals surface area contributed by atoms with E-state index in [1.807, 2.05) is 39.8 Å². The molecule has 0 aliphatic rings. The van der Waals surface area contributed by atoms with Gasteiger partial charge in [-0.2, -0.15) is 0 Å². The second-order valence-electron chi connectivity index (χ2n) is 6.63. The molecule has 1 aromatic heterocycles. The molecule has 0 unspecified atom stereocenters. The minimum absolute atomic E-state index is 0.0412. The molecule has 0 fully saturated rings. The van der Waals surface area contributed by atoms with E-state index in [4.69, 9.17) is 9.47 Å². The smallest absolute Gasteiger partial charge is 0.292 e. The van der Waals surface area contributed by atoms with Gasteiger partial charge >= 0.3 is 0 Å². The van der Waals surface area contributed by atoms with Crippen LogP contribution < -0.4 is 5.32 Å². The fraction of sp³-hybridized carbons (Fsp3) is 0.500. The molecule has 0 radical (unpaired) electrons. The standard InChI is InChI=1S/C22H31N3O5/c1-5-24(6-2)19(26)15-25-14-17(16-11-9-10-12-18(16)25)21(27)22(28)23-13-20(29-7-3)30-8-4/h9-12,14,20H,5-8,13,15H2,1-4H3,(H,23,28). The van der Waals surface area contributed by atoms with Gasteiger partial charge in [0, 0.05) is 43.4 Å². The molecule has 0 aliphatic carbocycles. The SMILES string of the molecule is CCOC(CNC(=O)C(=O)c1cn(CC(=O)N(CC)CC)c2ccccc12)OCC. The van der Waals surface area contributed by atoms with Crippen molar-refractivity contribution in [1.29, 1.82) is 0 Å². The van der Waals surface area contributed by atoms with Crippen molar-refractivity contribution in [2.75, 3.05) is 32.8 Å². The summed E-state index contributed by atoms with van der Waals surface area (Å²) in [5.74, 6) is -1.44. The Kier molecular flexibility index (Phi) is 9.01. The van der Waals surface area contributed by atoms with Crippen LogP contribution in [0.3, 0.4) is 0 Å². The van der Waals surface area contributed by atoms with Crippen molar-refractivity contribution in [2.45, 2.75) is 40.5 Å². The Morgan fingerprint density at radius 1 is 1.03 bits per heavy atom. The molecule has 2 rings (SSSR count). The number of amides is 2. The van der Waals surface area contributed by atoms with Gasteiger partial charge in [0.15, 0.2) is 6.29 Å². The summed E-state index contributed by atoms with van der Waals surface area (Å²) in [6.07, 6.45) is 0.973. The number of likely N-dealkylation sites (N-methyl/N-ethyl adjacent to an activating group) is 1. The minimum Gasteiger partial charge on any atom is -0.351 e. The summed E-state index contributed by atoms with van der Waals surface area (Å²) in [6, 6.07) is 7.24. The Bertz CT molecular complexity index is 867. The van der Waals surface area contributed by atoms with Gasteiger partial charge in [-0.15, -0.1) is 0 Å². The van der Waals surface area contributed by atoms with E-state index >= 15 is 0 Å². The molecule has 1 aromatic carbocycles. The van der Waals surface area contributed by atoms with Crippen LogP contribution in [0.5, 0.6) is 0 Å². The topological polar surface area (TPSA) is 89.9 Å². The summed E-state index contributed by atoms with van der Waals surface area (Å²) >= 11 is 0. The molecular weight excluding hydrogens is 386 g/mol.